The van der Waals surface area contributed by atoms with Gasteiger partial charge in [-0.05, 0) is 23.8 Å². The van der Waals surface area contributed by atoms with Gasteiger partial charge in [0.1, 0.15) is 6.04 Å². The van der Waals surface area contributed by atoms with E-state index in [4.69, 9.17) is 0 Å². The summed E-state index contributed by atoms with van der Waals surface area (Å²) in [5.74, 6) is -0.478. The first-order chi connectivity index (χ1) is 10.2. The van der Waals surface area contributed by atoms with Crippen LogP contribution < -0.4 is 16.0 Å². The van der Waals surface area contributed by atoms with Gasteiger partial charge in [0.15, 0.2) is 5.82 Å². The number of carbonyl (C=O) groups is 2. The fraction of sp³-hybridized carbons (Fsp3) is 0.133. The van der Waals surface area contributed by atoms with E-state index in [9.17, 15) is 9.59 Å². The van der Waals surface area contributed by atoms with Crippen LogP contribution in [0, 0.1) is 0 Å². The first-order valence-electron chi connectivity index (χ1n) is 6.66. The highest BCUT2D eigenvalue weighted by atomic mass is 16.2. The summed E-state index contributed by atoms with van der Waals surface area (Å²) >= 11 is 0. The first-order valence-corrected chi connectivity index (χ1v) is 6.66. The lowest BCUT2D eigenvalue weighted by atomic mass is 9.91. The summed E-state index contributed by atoms with van der Waals surface area (Å²) in [5.41, 5.74) is 2.32. The molecule has 0 bridgehead atoms. The Balaban J connectivity index is 1.75. The Hall–Kier alpha value is -2.89. The van der Waals surface area contributed by atoms with Crippen molar-refractivity contribution in [2.75, 3.05) is 16.0 Å². The van der Waals surface area contributed by atoms with Crippen LogP contribution in [-0.2, 0) is 9.59 Å². The number of hydrogen-bond acceptors (Lipinski definition) is 4. The van der Waals surface area contributed by atoms with E-state index >= 15 is 0 Å². The fourth-order valence-corrected chi connectivity index (χ4v) is 2.85. The Bertz CT molecular complexity index is 759. The number of para-hydroxylation sites is 1. The van der Waals surface area contributed by atoms with Gasteiger partial charge in [-0.3, -0.25) is 9.59 Å². The molecule has 0 fully saturated rings. The molecule has 2 amide bonds. The molecule has 1 aromatic heterocycles. The van der Waals surface area contributed by atoms with E-state index in [0.717, 1.165) is 16.9 Å². The molecule has 0 saturated heterocycles. The van der Waals surface area contributed by atoms with Gasteiger partial charge < -0.3 is 16.0 Å². The average molecular weight is 280 g/mol. The predicted molar refractivity (Wildman–Crippen MR) is 78.1 cm³/mol. The smallest absolute Gasteiger partial charge is 0.249 e. The summed E-state index contributed by atoms with van der Waals surface area (Å²) in [7, 11) is 0. The number of hydrogen-bond donors (Lipinski definition) is 3. The fourth-order valence-electron chi connectivity index (χ4n) is 2.85. The van der Waals surface area contributed by atoms with Crippen LogP contribution in [0.4, 0.5) is 17.2 Å². The number of nitrogens with one attached hydrogen (secondary N) is 3. The minimum absolute atomic E-state index is 0.170. The lowest BCUT2D eigenvalue weighted by Crippen LogP contribution is -2.45. The van der Waals surface area contributed by atoms with E-state index in [1.807, 2.05) is 30.3 Å². The van der Waals surface area contributed by atoms with Crippen molar-refractivity contribution >= 4 is 29.0 Å². The summed E-state index contributed by atoms with van der Waals surface area (Å²) in [4.78, 5) is 28.6. The normalized spacial score (nSPS) is 22.7. The molecular weight excluding hydrogens is 268 g/mol. The van der Waals surface area contributed by atoms with Crippen LogP contribution in [0.1, 0.15) is 11.5 Å². The van der Waals surface area contributed by atoms with Gasteiger partial charge in [0.05, 0.1) is 11.6 Å². The monoisotopic (exact) mass is 280 g/mol. The Kier molecular flexibility index (Phi) is 2.44. The Morgan fingerprint density at radius 2 is 1.71 bits per heavy atom. The summed E-state index contributed by atoms with van der Waals surface area (Å²) < 4.78 is 0. The van der Waals surface area contributed by atoms with Crippen molar-refractivity contribution in [3.63, 3.8) is 0 Å². The third-order valence-electron chi connectivity index (χ3n) is 3.81. The van der Waals surface area contributed by atoms with Crippen LogP contribution in [0.5, 0.6) is 0 Å². The highest BCUT2D eigenvalue weighted by molar-refractivity contribution is 6.11. The highest BCUT2D eigenvalue weighted by Crippen LogP contribution is 2.38. The third-order valence-corrected chi connectivity index (χ3v) is 3.81. The van der Waals surface area contributed by atoms with Crippen LogP contribution in [-0.4, -0.2) is 22.8 Å². The largest absolute Gasteiger partial charge is 0.370 e. The second-order valence-electron chi connectivity index (χ2n) is 5.07. The Morgan fingerprint density at radius 3 is 2.62 bits per heavy atom. The van der Waals surface area contributed by atoms with E-state index in [-0.39, 0.29) is 11.8 Å². The van der Waals surface area contributed by atoms with Gasteiger partial charge >= 0.3 is 0 Å². The molecule has 1 aromatic carbocycles. The van der Waals surface area contributed by atoms with Crippen molar-refractivity contribution < 1.29 is 9.59 Å². The summed E-state index contributed by atoms with van der Waals surface area (Å²) in [6.45, 7) is 0. The van der Waals surface area contributed by atoms with Crippen LogP contribution in [0.3, 0.4) is 0 Å². The van der Waals surface area contributed by atoms with Crippen molar-refractivity contribution in [3.8, 4) is 0 Å². The van der Waals surface area contributed by atoms with E-state index in [0.29, 0.717) is 5.82 Å². The van der Waals surface area contributed by atoms with Gasteiger partial charge in [0.25, 0.3) is 0 Å². The first kappa shape index (κ1) is 11.9. The molecule has 4 rings (SSSR count). The number of pyridine rings is 1. The van der Waals surface area contributed by atoms with E-state index in [1.54, 1.807) is 12.3 Å². The average Bonchev–Trinajstić information content (AvgIpc) is 2.82. The summed E-state index contributed by atoms with van der Waals surface area (Å²) in [6.07, 6.45) is 1.61. The molecular formula is C15H12N4O2. The summed E-state index contributed by atoms with van der Waals surface area (Å²) in [6, 6.07) is 10.4. The second kappa shape index (κ2) is 4.31. The van der Waals surface area contributed by atoms with Gasteiger partial charge in [-0.1, -0.05) is 18.2 Å². The van der Waals surface area contributed by atoms with E-state index in [2.05, 4.69) is 20.9 Å². The number of nitrogens with zero attached hydrogens (tertiary/aromatic N) is 1. The van der Waals surface area contributed by atoms with Crippen molar-refractivity contribution in [2.24, 2.45) is 0 Å². The SMILES string of the molecule is O=C1Nc2ncccc2NC1C1C(=O)Nc2ccccc21. The maximum absolute atomic E-state index is 12.3. The predicted octanol–water partition coefficient (Wildman–Crippen LogP) is 1.55. The molecule has 6 heteroatoms. The zero-order valence-corrected chi connectivity index (χ0v) is 11.0. The number of anilines is 3. The molecule has 2 aliphatic rings. The lowest BCUT2D eigenvalue weighted by Gasteiger charge is -2.29. The van der Waals surface area contributed by atoms with Crippen molar-refractivity contribution in [1.82, 2.24) is 4.98 Å². The molecule has 2 atom stereocenters. The quantitative estimate of drug-likeness (QED) is 0.740. The van der Waals surface area contributed by atoms with Gasteiger partial charge in [-0.15, -0.1) is 0 Å². The number of carbonyl (C=O) groups excluding carboxylic acids is 2. The molecule has 2 aliphatic heterocycles. The van der Waals surface area contributed by atoms with Crippen molar-refractivity contribution in [2.45, 2.75) is 12.0 Å². The second-order valence-corrected chi connectivity index (χ2v) is 5.07. The molecule has 2 aromatic rings. The molecule has 0 saturated carbocycles. The molecule has 2 unspecified atom stereocenters. The highest BCUT2D eigenvalue weighted by Gasteiger charge is 2.42. The lowest BCUT2D eigenvalue weighted by molar-refractivity contribution is -0.123. The number of aromatic nitrogens is 1. The van der Waals surface area contributed by atoms with Gasteiger partial charge in [-0.25, -0.2) is 4.98 Å². The Morgan fingerprint density at radius 1 is 0.905 bits per heavy atom. The third kappa shape index (κ3) is 1.76. The molecule has 3 heterocycles. The Labute approximate surface area is 120 Å². The molecule has 0 radical (unpaired) electrons. The number of benzene rings is 1. The standard InChI is InChI=1S/C15H12N4O2/c20-14-11(8-4-1-2-5-9(8)18-14)12-15(21)19-13-10(17-12)6-3-7-16-13/h1-7,11-12,17H,(H,18,20)(H,16,19,21). The van der Waals surface area contributed by atoms with E-state index < -0.39 is 12.0 Å². The van der Waals surface area contributed by atoms with Crippen LogP contribution in [0.15, 0.2) is 42.6 Å². The molecule has 0 aliphatic carbocycles. The summed E-state index contributed by atoms with van der Waals surface area (Å²) in [5, 5.41) is 8.69. The van der Waals surface area contributed by atoms with Gasteiger partial charge in [0, 0.05) is 11.9 Å². The van der Waals surface area contributed by atoms with Crippen LogP contribution >= 0.6 is 0 Å². The van der Waals surface area contributed by atoms with Gasteiger partial charge in [-0.2, -0.15) is 0 Å². The number of fused-ring (bicyclic) bond motifs is 2. The molecule has 6 nitrogen and oxygen atoms in total. The molecule has 21 heavy (non-hydrogen) atoms. The van der Waals surface area contributed by atoms with Crippen LogP contribution in [0.2, 0.25) is 0 Å². The minimum atomic E-state index is -0.648. The van der Waals surface area contributed by atoms with E-state index in [1.165, 1.54) is 0 Å². The van der Waals surface area contributed by atoms with Gasteiger partial charge in [0.2, 0.25) is 11.8 Å². The maximum Gasteiger partial charge on any atom is 0.249 e. The number of amides is 2. The maximum atomic E-state index is 12.3. The number of rotatable bonds is 1. The molecule has 3 N–H and O–H groups in total. The minimum Gasteiger partial charge on any atom is -0.370 e. The zero-order valence-electron chi connectivity index (χ0n) is 11.0. The van der Waals surface area contributed by atoms with Crippen molar-refractivity contribution in [3.05, 3.63) is 48.2 Å². The van der Waals surface area contributed by atoms with Crippen LogP contribution in [0.25, 0.3) is 0 Å². The topological polar surface area (TPSA) is 83.1 Å². The molecule has 0 spiro atoms. The molecule has 104 valence electrons. The van der Waals surface area contributed by atoms with Crippen molar-refractivity contribution in [1.29, 1.82) is 0 Å². The zero-order chi connectivity index (χ0) is 14.4.